The molecule has 0 N–H and O–H groups in total. The van der Waals surface area contributed by atoms with Crippen molar-refractivity contribution in [3.8, 4) is 0 Å². The number of fused-ring (bicyclic) bond motifs is 1. The smallest absolute Gasteiger partial charge is 0.299 e. The molecule has 5 rings (SSSR count). The molecule has 0 spiro atoms. The summed E-state index contributed by atoms with van der Waals surface area (Å²) in [6.45, 7) is 2.90. The molecule has 1 aromatic carbocycles. The molecule has 132 valence electrons. The van der Waals surface area contributed by atoms with Gasteiger partial charge in [-0.25, -0.2) is 4.98 Å². The topological polar surface area (TPSA) is 62.5 Å². The van der Waals surface area contributed by atoms with E-state index in [1.165, 1.54) is 5.56 Å². The maximum absolute atomic E-state index is 12.8. The van der Waals surface area contributed by atoms with E-state index in [0.717, 1.165) is 25.0 Å². The van der Waals surface area contributed by atoms with Crippen LogP contribution in [0, 0.1) is 5.92 Å². The van der Waals surface area contributed by atoms with E-state index in [1.54, 1.807) is 6.20 Å². The SMILES string of the molecule is O=C([C@@H]1C[C@H]1c1ccccc1)N1CCN(c2nc3cccnc3o2)CC1. The number of oxazole rings is 1. The lowest BCUT2D eigenvalue weighted by atomic mass is 10.1. The van der Waals surface area contributed by atoms with E-state index in [2.05, 4.69) is 27.0 Å². The fourth-order valence-electron chi connectivity index (χ4n) is 3.78. The lowest BCUT2D eigenvalue weighted by Gasteiger charge is -2.34. The van der Waals surface area contributed by atoms with Gasteiger partial charge in [-0.15, -0.1) is 0 Å². The normalized spacial score (nSPS) is 22.6. The van der Waals surface area contributed by atoms with Crippen molar-refractivity contribution in [3.63, 3.8) is 0 Å². The third-order valence-corrected chi connectivity index (χ3v) is 5.35. The third kappa shape index (κ3) is 2.71. The fourth-order valence-corrected chi connectivity index (χ4v) is 3.78. The van der Waals surface area contributed by atoms with Crippen LogP contribution in [0.2, 0.25) is 0 Å². The highest BCUT2D eigenvalue weighted by molar-refractivity contribution is 5.83. The highest BCUT2D eigenvalue weighted by Gasteiger charge is 2.46. The Morgan fingerprint density at radius 2 is 1.85 bits per heavy atom. The summed E-state index contributed by atoms with van der Waals surface area (Å²) >= 11 is 0. The van der Waals surface area contributed by atoms with Crippen LogP contribution in [0.5, 0.6) is 0 Å². The number of amides is 1. The molecule has 6 nitrogen and oxygen atoms in total. The number of carbonyl (C=O) groups is 1. The van der Waals surface area contributed by atoms with Crippen LogP contribution < -0.4 is 4.90 Å². The minimum absolute atomic E-state index is 0.150. The molecule has 1 amide bonds. The van der Waals surface area contributed by atoms with Gasteiger partial charge in [0.05, 0.1) is 0 Å². The number of rotatable bonds is 3. The molecule has 1 aliphatic carbocycles. The minimum atomic E-state index is 0.150. The third-order valence-electron chi connectivity index (χ3n) is 5.35. The van der Waals surface area contributed by atoms with Crippen molar-refractivity contribution in [3.05, 3.63) is 54.2 Å². The lowest BCUT2D eigenvalue weighted by molar-refractivity contribution is -0.133. The van der Waals surface area contributed by atoms with Crippen molar-refractivity contribution in [2.24, 2.45) is 5.92 Å². The van der Waals surface area contributed by atoms with Crippen molar-refractivity contribution in [2.45, 2.75) is 12.3 Å². The van der Waals surface area contributed by atoms with Crippen LogP contribution >= 0.6 is 0 Å². The Morgan fingerprint density at radius 1 is 1.04 bits per heavy atom. The van der Waals surface area contributed by atoms with Crippen LogP contribution in [-0.2, 0) is 4.79 Å². The molecule has 2 atom stereocenters. The van der Waals surface area contributed by atoms with Gasteiger partial charge < -0.3 is 14.2 Å². The number of aromatic nitrogens is 2. The van der Waals surface area contributed by atoms with Gasteiger partial charge in [-0.2, -0.15) is 4.98 Å². The fraction of sp³-hybridized carbons (Fsp3) is 0.350. The van der Waals surface area contributed by atoms with Crippen LogP contribution in [-0.4, -0.2) is 47.0 Å². The van der Waals surface area contributed by atoms with Gasteiger partial charge in [0, 0.05) is 38.3 Å². The summed E-state index contributed by atoms with van der Waals surface area (Å²) in [4.78, 5) is 25.6. The van der Waals surface area contributed by atoms with Gasteiger partial charge in [-0.1, -0.05) is 30.3 Å². The zero-order valence-corrected chi connectivity index (χ0v) is 14.4. The Morgan fingerprint density at radius 3 is 2.62 bits per heavy atom. The Labute approximate surface area is 151 Å². The maximum atomic E-state index is 12.8. The van der Waals surface area contributed by atoms with Crippen molar-refractivity contribution in [2.75, 3.05) is 31.1 Å². The Kier molecular flexibility index (Phi) is 3.62. The van der Waals surface area contributed by atoms with E-state index in [1.807, 2.05) is 35.2 Å². The standard InChI is InChI=1S/C20H20N4O2/c25-19(16-13-15(16)14-5-2-1-3-6-14)23-9-11-24(12-10-23)20-22-17-7-4-8-21-18(17)26-20/h1-8,15-16H,9-13H2/t15-,16+/m0/s1. The van der Waals surface area contributed by atoms with Gasteiger partial charge >= 0.3 is 0 Å². The molecule has 3 aromatic rings. The molecule has 2 aromatic heterocycles. The summed E-state index contributed by atoms with van der Waals surface area (Å²) < 4.78 is 5.74. The second kappa shape index (κ2) is 6.12. The van der Waals surface area contributed by atoms with Crippen LogP contribution in [0.1, 0.15) is 17.9 Å². The van der Waals surface area contributed by atoms with E-state index >= 15 is 0 Å². The van der Waals surface area contributed by atoms with E-state index in [4.69, 9.17) is 4.42 Å². The van der Waals surface area contributed by atoms with Gasteiger partial charge in [0.1, 0.15) is 5.52 Å². The van der Waals surface area contributed by atoms with Gasteiger partial charge in [0.25, 0.3) is 6.01 Å². The first kappa shape index (κ1) is 15.4. The highest BCUT2D eigenvalue weighted by Crippen LogP contribution is 2.48. The first-order valence-corrected chi connectivity index (χ1v) is 9.10. The zero-order chi connectivity index (χ0) is 17.5. The summed E-state index contributed by atoms with van der Waals surface area (Å²) in [5.74, 6) is 0.833. The lowest BCUT2D eigenvalue weighted by Crippen LogP contribution is -2.49. The molecule has 2 fully saturated rings. The molecule has 2 aliphatic rings. The molecule has 6 heteroatoms. The minimum Gasteiger partial charge on any atom is -0.404 e. The molecular weight excluding hydrogens is 328 g/mol. The van der Waals surface area contributed by atoms with E-state index in [-0.39, 0.29) is 11.8 Å². The molecule has 1 aliphatic heterocycles. The van der Waals surface area contributed by atoms with Crippen molar-refractivity contribution in [1.29, 1.82) is 0 Å². The maximum Gasteiger partial charge on any atom is 0.299 e. The largest absolute Gasteiger partial charge is 0.404 e. The predicted octanol–water partition coefficient (Wildman–Crippen LogP) is 2.68. The molecule has 0 radical (unpaired) electrons. The summed E-state index contributed by atoms with van der Waals surface area (Å²) in [5, 5.41) is 0. The van der Waals surface area contributed by atoms with Crippen LogP contribution in [0.25, 0.3) is 11.2 Å². The number of anilines is 1. The summed E-state index contributed by atoms with van der Waals surface area (Å²) in [6, 6.07) is 14.7. The summed E-state index contributed by atoms with van der Waals surface area (Å²) in [5.41, 5.74) is 2.61. The Balaban J connectivity index is 1.21. The van der Waals surface area contributed by atoms with Crippen molar-refractivity contribution in [1.82, 2.24) is 14.9 Å². The average molecular weight is 348 g/mol. The Bertz CT molecular complexity index is 898. The van der Waals surface area contributed by atoms with Crippen molar-refractivity contribution < 1.29 is 9.21 Å². The second-order valence-corrected chi connectivity index (χ2v) is 7.00. The summed E-state index contributed by atoms with van der Waals surface area (Å²) in [6.07, 6.45) is 2.67. The first-order chi connectivity index (χ1) is 12.8. The number of nitrogens with zero attached hydrogens (tertiary/aromatic N) is 4. The van der Waals surface area contributed by atoms with E-state index < -0.39 is 0 Å². The second-order valence-electron chi connectivity index (χ2n) is 7.00. The predicted molar refractivity (Wildman–Crippen MR) is 97.9 cm³/mol. The number of hydrogen-bond donors (Lipinski definition) is 0. The number of pyridine rings is 1. The Hall–Kier alpha value is -2.89. The first-order valence-electron chi connectivity index (χ1n) is 9.10. The number of carbonyl (C=O) groups excluding carboxylic acids is 1. The quantitative estimate of drug-likeness (QED) is 0.728. The van der Waals surface area contributed by atoms with Crippen molar-refractivity contribution >= 4 is 23.2 Å². The number of benzene rings is 1. The molecule has 3 heterocycles. The van der Waals surface area contributed by atoms with E-state index in [9.17, 15) is 4.79 Å². The molecule has 1 saturated heterocycles. The summed E-state index contributed by atoms with van der Waals surface area (Å²) in [7, 11) is 0. The molecule has 1 saturated carbocycles. The zero-order valence-electron chi connectivity index (χ0n) is 14.4. The van der Waals surface area contributed by atoms with Crippen LogP contribution in [0.15, 0.2) is 53.1 Å². The van der Waals surface area contributed by atoms with Gasteiger partial charge in [-0.05, 0) is 30.0 Å². The number of piperazine rings is 1. The molecule has 26 heavy (non-hydrogen) atoms. The highest BCUT2D eigenvalue weighted by atomic mass is 16.4. The van der Waals surface area contributed by atoms with E-state index in [0.29, 0.717) is 30.7 Å². The van der Waals surface area contributed by atoms with Crippen LogP contribution in [0.3, 0.4) is 0 Å². The molecule has 0 bridgehead atoms. The number of hydrogen-bond acceptors (Lipinski definition) is 5. The van der Waals surface area contributed by atoms with Crippen LogP contribution in [0.4, 0.5) is 6.01 Å². The van der Waals surface area contributed by atoms with Gasteiger partial charge in [0.15, 0.2) is 0 Å². The monoisotopic (exact) mass is 348 g/mol. The molecule has 0 unspecified atom stereocenters. The molecular formula is C20H20N4O2. The van der Waals surface area contributed by atoms with Gasteiger partial charge in [0.2, 0.25) is 11.6 Å². The van der Waals surface area contributed by atoms with Gasteiger partial charge in [-0.3, -0.25) is 4.79 Å². The average Bonchev–Trinajstić information content (AvgIpc) is 3.39.